The molecule has 0 spiro atoms. The Morgan fingerprint density at radius 2 is 1.47 bits per heavy atom. The summed E-state index contributed by atoms with van der Waals surface area (Å²) in [4.78, 5) is 13.9. The Labute approximate surface area is 212 Å². The number of alkyl halides is 9. The van der Waals surface area contributed by atoms with Crippen LogP contribution >= 0.6 is 0 Å². The topological polar surface area (TPSA) is 49.8 Å². The minimum atomic E-state index is -5.16. The van der Waals surface area contributed by atoms with E-state index in [1.165, 1.54) is 6.92 Å². The van der Waals surface area contributed by atoms with E-state index in [1.807, 2.05) is 0 Å². The molecular weight excluding hydrogens is 533 g/mol. The molecule has 1 N–H and O–H groups in total. The molecule has 0 aliphatic carbocycles. The second kappa shape index (κ2) is 10.7. The van der Waals surface area contributed by atoms with Crippen LogP contribution in [0.5, 0.6) is 0 Å². The fourth-order valence-corrected chi connectivity index (χ4v) is 4.80. The molecule has 2 aromatic rings. The first-order valence-electron chi connectivity index (χ1n) is 11.6. The van der Waals surface area contributed by atoms with Crippen molar-refractivity contribution >= 4 is 11.8 Å². The van der Waals surface area contributed by atoms with Crippen molar-refractivity contribution in [1.29, 1.82) is 0 Å². The molecule has 1 aliphatic heterocycles. The quantitative estimate of drug-likeness (QED) is 0.383. The largest absolute Gasteiger partial charge is 0.449 e. The second-order valence-corrected chi connectivity index (χ2v) is 8.87. The van der Waals surface area contributed by atoms with Crippen LogP contribution in [-0.2, 0) is 23.3 Å². The van der Waals surface area contributed by atoms with E-state index in [2.05, 4.69) is 0 Å². The van der Waals surface area contributed by atoms with Gasteiger partial charge in [0.1, 0.15) is 0 Å². The summed E-state index contributed by atoms with van der Waals surface area (Å²) in [6.45, 7) is 2.17. The first-order chi connectivity index (χ1) is 17.5. The van der Waals surface area contributed by atoms with Crippen molar-refractivity contribution in [2.24, 2.45) is 0 Å². The van der Waals surface area contributed by atoms with Gasteiger partial charge in [0.05, 0.1) is 35.6 Å². The summed E-state index contributed by atoms with van der Waals surface area (Å²) in [5.74, 6) is -2.60. The normalized spacial score (nSPS) is 19.2. The van der Waals surface area contributed by atoms with Crippen molar-refractivity contribution in [3.8, 4) is 0 Å². The van der Waals surface area contributed by atoms with Crippen LogP contribution in [0.3, 0.4) is 0 Å². The molecule has 1 aliphatic rings. The van der Waals surface area contributed by atoms with Crippen molar-refractivity contribution in [2.45, 2.75) is 63.1 Å². The zero-order chi connectivity index (χ0) is 28.6. The Morgan fingerprint density at radius 1 is 0.921 bits per heavy atom. The van der Waals surface area contributed by atoms with Crippen molar-refractivity contribution in [2.75, 3.05) is 18.1 Å². The number of hydrogen-bond donors (Lipinski definition) is 1. The molecule has 0 aromatic heterocycles. The maximum Gasteiger partial charge on any atom is 0.416 e. The number of fused-ring (bicyclic) bond motifs is 1. The number of carbonyl (C=O) groups is 1. The van der Waals surface area contributed by atoms with Crippen LogP contribution < -0.4 is 4.90 Å². The van der Waals surface area contributed by atoms with E-state index in [1.54, 1.807) is 6.92 Å². The number of rotatable bonds is 5. The summed E-state index contributed by atoms with van der Waals surface area (Å²) in [5.41, 5.74) is -5.06. The lowest BCUT2D eigenvalue weighted by Crippen LogP contribution is -2.46. The maximum absolute atomic E-state index is 13.6. The zero-order valence-electron chi connectivity index (χ0n) is 20.1. The van der Waals surface area contributed by atoms with Crippen molar-refractivity contribution in [3.63, 3.8) is 0 Å². The Bertz CT molecular complexity index is 1130. The van der Waals surface area contributed by atoms with Gasteiger partial charge in [0, 0.05) is 12.0 Å². The van der Waals surface area contributed by atoms with Crippen molar-refractivity contribution in [1.82, 2.24) is 0 Å². The second-order valence-electron chi connectivity index (χ2n) is 8.87. The number of nitrogens with zero attached hydrogens (tertiary/aromatic N) is 1. The molecule has 1 amide bonds. The predicted octanol–water partition coefficient (Wildman–Crippen LogP) is 7.75. The molecule has 1 heterocycles. The summed E-state index contributed by atoms with van der Waals surface area (Å²) in [6, 6.07) is 2.59. The smallest absolute Gasteiger partial charge is 0.416 e. The molecular formula is C25H24F9NO3. The number of benzene rings is 2. The number of anilines is 1. The van der Waals surface area contributed by atoms with Gasteiger partial charge in [-0.3, -0.25) is 4.90 Å². The van der Waals surface area contributed by atoms with Crippen LogP contribution in [-0.4, -0.2) is 30.5 Å². The first-order valence-corrected chi connectivity index (χ1v) is 11.6. The van der Waals surface area contributed by atoms with E-state index in [9.17, 15) is 49.4 Å². The molecule has 0 saturated carbocycles. The van der Waals surface area contributed by atoms with Gasteiger partial charge >= 0.3 is 24.6 Å². The number of hydrogen-bond acceptors (Lipinski definition) is 3. The van der Waals surface area contributed by atoms with Gasteiger partial charge in [0.25, 0.3) is 0 Å². The SMILES string of the molecule is CCOC(=O)N1c2ccc(C(F)(F)F)cc2[C@H]([C@H](CO)c2cc(C(F)(F)F)cc(C(F)(F)F)c2)C[C@H]1CC. The molecule has 3 atom stereocenters. The van der Waals surface area contributed by atoms with Gasteiger partial charge in [-0.1, -0.05) is 6.92 Å². The Balaban J connectivity index is 2.27. The summed E-state index contributed by atoms with van der Waals surface area (Å²) >= 11 is 0. The number of ether oxygens (including phenoxy) is 1. The fourth-order valence-electron chi connectivity index (χ4n) is 4.80. The van der Waals surface area contributed by atoms with Crippen LogP contribution in [0.1, 0.15) is 66.3 Å². The van der Waals surface area contributed by atoms with Gasteiger partial charge in [-0.2, -0.15) is 39.5 Å². The van der Waals surface area contributed by atoms with Crippen LogP contribution in [0.15, 0.2) is 36.4 Å². The summed E-state index contributed by atoms with van der Waals surface area (Å²) in [5, 5.41) is 10.2. The van der Waals surface area contributed by atoms with Crippen molar-refractivity contribution in [3.05, 3.63) is 64.2 Å². The highest BCUT2D eigenvalue weighted by Gasteiger charge is 2.43. The van der Waals surface area contributed by atoms with Crippen LogP contribution in [0.25, 0.3) is 0 Å². The number of aliphatic hydroxyl groups is 1. The molecule has 38 heavy (non-hydrogen) atoms. The summed E-state index contributed by atoms with van der Waals surface area (Å²) < 4.78 is 127. The highest BCUT2D eigenvalue weighted by atomic mass is 19.4. The van der Waals surface area contributed by atoms with Crippen LogP contribution in [0.4, 0.5) is 50.0 Å². The molecule has 2 aromatic carbocycles. The number of aliphatic hydroxyl groups excluding tert-OH is 1. The van der Waals surface area contributed by atoms with E-state index in [4.69, 9.17) is 4.74 Å². The molecule has 0 unspecified atom stereocenters. The zero-order valence-corrected chi connectivity index (χ0v) is 20.1. The van der Waals surface area contributed by atoms with Gasteiger partial charge in [0.15, 0.2) is 0 Å². The molecule has 13 heteroatoms. The van der Waals surface area contributed by atoms with E-state index in [0.29, 0.717) is 18.2 Å². The molecule has 210 valence electrons. The maximum atomic E-state index is 13.6. The average molecular weight is 557 g/mol. The lowest BCUT2D eigenvalue weighted by atomic mass is 9.73. The number of halogens is 9. The monoisotopic (exact) mass is 557 g/mol. The van der Waals surface area contributed by atoms with Crippen LogP contribution in [0.2, 0.25) is 0 Å². The third-order valence-corrected chi connectivity index (χ3v) is 6.56. The van der Waals surface area contributed by atoms with E-state index in [-0.39, 0.29) is 36.8 Å². The van der Waals surface area contributed by atoms with E-state index < -0.39 is 71.4 Å². The minimum absolute atomic E-state index is 0.0268. The summed E-state index contributed by atoms with van der Waals surface area (Å²) in [6.07, 6.45) is -15.9. The Hall–Kier alpha value is -2.96. The van der Waals surface area contributed by atoms with E-state index >= 15 is 0 Å². The third-order valence-electron chi connectivity index (χ3n) is 6.56. The molecule has 0 fully saturated rings. The third kappa shape index (κ3) is 6.02. The van der Waals surface area contributed by atoms with Gasteiger partial charge in [0.2, 0.25) is 0 Å². The number of carbonyl (C=O) groups excluding carboxylic acids is 1. The summed E-state index contributed by atoms with van der Waals surface area (Å²) in [7, 11) is 0. The highest BCUT2D eigenvalue weighted by molar-refractivity contribution is 5.90. The standard InChI is InChI=1S/C25H24F9NO3/c1-3-17-11-18(19-10-14(23(26,27)28)5-6-21(19)35(17)22(37)38-4-2)20(12-36)13-7-15(24(29,30)31)9-16(8-13)25(32,33)34/h5-10,17-18,20,36H,3-4,11-12H2,1-2H3/t17-,18-,20-/m1/s1. The number of amides is 1. The molecule has 0 bridgehead atoms. The van der Waals surface area contributed by atoms with E-state index in [0.717, 1.165) is 17.0 Å². The lowest BCUT2D eigenvalue weighted by Gasteiger charge is -2.42. The molecule has 0 radical (unpaired) electrons. The molecule has 4 nitrogen and oxygen atoms in total. The van der Waals surface area contributed by atoms with Crippen molar-refractivity contribution < 1.29 is 54.2 Å². The highest BCUT2D eigenvalue weighted by Crippen LogP contribution is 2.49. The van der Waals surface area contributed by atoms with Crippen LogP contribution in [0, 0.1) is 0 Å². The average Bonchev–Trinajstić information content (AvgIpc) is 2.82. The fraction of sp³-hybridized carbons (Fsp3) is 0.480. The molecule has 0 saturated heterocycles. The Morgan fingerprint density at radius 3 is 1.92 bits per heavy atom. The van der Waals surface area contributed by atoms with Gasteiger partial charge in [-0.25, -0.2) is 4.79 Å². The first kappa shape index (κ1) is 29.6. The predicted molar refractivity (Wildman–Crippen MR) is 119 cm³/mol. The Kier molecular flexibility index (Phi) is 8.30. The van der Waals surface area contributed by atoms with Gasteiger partial charge in [-0.15, -0.1) is 0 Å². The van der Waals surface area contributed by atoms with Gasteiger partial charge < -0.3 is 9.84 Å². The van der Waals surface area contributed by atoms with Gasteiger partial charge in [-0.05, 0) is 73.2 Å². The molecule has 3 rings (SSSR count). The lowest BCUT2D eigenvalue weighted by molar-refractivity contribution is -0.143. The minimum Gasteiger partial charge on any atom is -0.449 e.